The number of hydrogen-bond acceptors (Lipinski definition) is 10. The van der Waals surface area contributed by atoms with Crippen LogP contribution in [0.5, 0.6) is 0 Å². The monoisotopic (exact) mass is 573 g/mol. The lowest BCUT2D eigenvalue weighted by molar-refractivity contribution is -0.257. The fourth-order valence-corrected chi connectivity index (χ4v) is 5.50. The van der Waals surface area contributed by atoms with Crippen LogP contribution in [0.4, 0.5) is 0 Å². The number of nitrogens with one attached hydrogen (secondary N) is 1. The molecule has 10 atom stereocenters. The van der Waals surface area contributed by atoms with Gasteiger partial charge in [0.05, 0.1) is 49.8 Å². The van der Waals surface area contributed by atoms with Crippen LogP contribution in [0.3, 0.4) is 0 Å². The molecule has 11 nitrogen and oxygen atoms in total. The van der Waals surface area contributed by atoms with Crippen LogP contribution in [0.15, 0.2) is 12.7 Å². The van der Waals surface area contributed by atoms with Crippen LogP contribution in [0.2, 0.25) is 0 Å². The van der Waals surface area contributed by atoms with Gasteiger partial charge in [0, 0.05) is 26.2 Å². The fraction of sp³-hybridized carbons (Fsp3) is 0.862. The smallest absolute Gasteiger partial charge is 0.302 e. The second kappa shape index (κ2) is 18.0. The average Bonchev–Trinajstić information content (AvgIpc) is 2.90. The highest BCUT2D eigenvalue weighted by molar-refractivity contribution is 5.86. The Morgan fingerprint density at radius 1 is 0.950 bits per heavy atom. The molecule has 0 aliphatic carbocycles. The molecule has 0 aromatic rings. The van der Waals surface area contributed by atoms with Crippen molar-refractivity contribution in [1.29, 1.82) is 0 Å². The molecule has 0 aromatic heterocycles. The van der Waals surface area contributed by atoms with Gasteiger partial charge in [0.25, 0.3) is 0 Å². The SMILES string of the molecule is C=CC(=O)NCC1OC(CC(O)CC2CC(C[C@@H](C)CC(O)CO)OC(CC)O2)CC(CC(CC)OC(C)=O)O1. The first-order valence-electron chi connectivity index (χ1n) is 14.7. The molecule has 9 unspecified atom stereocenters. The van der Waals surface area contributed by atoms with Gasteiger partial charge in [-0.25, -0.2) is 0 Å². The minimum atomic E-state index is -0.742. The molecule has 2 rings (SSSR count). The minimum absolute atomic E-state index is 0.0643. The van der Waals surface area contributed by atoms with Gasteiger partial charge in [-0.3, -0.25) is 9.59 Å². The van der Waals surface area contributed by atoms with Gasteiger partial charge in [0.1, 0.15) is 6.10 Å². The summed E-state index contributed by atoms with van der Waals surface area (Å²) < 4.78 is 29.7. The predicted octanol–water partition coefficient (Wildman–Crippen LogP) is 2.34. The van der Waals surface area contributed by atoms with Crippen LogP contribution in [-0.4, -0.2) is 95.7 Å². The van der Waals surface area contributed by atoms with Crippen molar-refractivity contribution >= 4 is 11.9 Å². The van der Waals surface area contributed by atoms with Crippen LogP contribution in [0, 0.1) is 5.92 Å². The summed E-state index contributed by atoms with van der Waals surface area (Å²) in [6.45, 7) is 10.7. The van der Waals surface area contributed by atoms with Gasteiger partial charge >= 0.3 is 5.97 Å². The fourth-order valence-electron chi connectivity index (χ4n) is 5.50. The lowest BCUT2D eigenvalue weighted by atomic mass is 9.91. The number of carbonyl (C=O) groups excluding carboxylic acids is 2. The summed E-state index contributed by atoms with van der Waals surface area (Å²) in [6.07, 6.45) is 2.46. The molecule has 0 saturated carbocycles. The van der Waals surface area contributed by atoms with Gasteiger partial charge in [-0.15, -0.1) is 0 Å². The van der Waals surface area contributed by atoms with E-state index in [-0.39, 0.29) is 67.8 Å². The molecule has 1 amide bonds. The standard InChI is InChI=1S/C29H51NO10/c1-6-22(36-19(5)32)13-26-15-25(39-29(40-26)16-30-27(35)7-2)12-20(33)11-24-14-23(37-28(8-3)38-24)10-18(4)9-21(34)17-31/h7,18,20-26,28-29,31,33-34H,2,6,8-17H2,1,3-5H3,(H,30,35)/t18-,20?,21?,22?,23?,24?,25?,26?,28?,29?/m0/s1. The summed E-state index contributed by atoms with van der Waals surface area (Å²) in [6, 6.07) is 0. The molecule has 2 aliphatic heterocycles. The third kappa shape index (κ3) is 12.9. The molecule has 0 bridgehead atoms. The maximum absolute atomic E-state index is 11.7. The van der Waals surface area contributed by atoms with Gasteiger partial charge in [-0.2, -0.15) is 0 Å². The van der Waals surface area contributed by atoms with E-state index >= 15 is 0 Å². The molecule has 0 spiro atoms. The van der Waals surface area contributed by atoms with Crippen molar-refractivity contribution in [2.75, 3.05) is 13.2 Å². The van der Waals surface area contributed by atoms with Crippen LogP contribution < -0.4 is 5.32 Å². The molecular weight excluding hydrogens is 522 g/mol. The average molecular weight is 574 g/mol. The number of hydrogen-bond donors (Lipinski definition) is 4. The number of amides is 1. The zero-order valence-corrected chi connectivity index (χ0v) is 24.5. The number of carbonyl (C=O) groups is 2. The van der Waals surface area contributed by atoms with Gasteiger partial charge in [-0.1, -0.05) is 27.4 Å². The van der Waals surface area contributed by atoms with Crippen LogP contribution in [-0.2, 0) is 33.3 Å². The Morgan fingerprint density at radius 2 is 1.50 bits per heavy atom. The van der Waals surface area contributed by atoms with E-state index in [1.54, 1.807) is 0 Å². The van der Waals surface area contributed by atoms with Crippen molar-refractivity contribution in [3.05, 3.63) is 12.7 Å². The van der Waals surface area contributed by atoms with Gasteiger partial charge in [0.15, 0.2) is 12.6 Å². The van der Waals surface area contributed by atoms with E-state index in [9.17, 15) is 19.8 Å². The quantitative estimate of drug-likeness (QED) is 0.151. The molecule has 4 N–H and O–H groups in total. The Bertz CT molecular complexity index is 767. The van der Waals surface area contributed by atoms with Crippen LogP contribution in [0.1, 0.15) is 85.5 Å². The largest absolute Gasteiger partial charge is 0.462 e. The molecule has 232 valence electrons. The molecule has 11 heteroatoms. The Balaban J connectivity index is 1.98. The second-order valence-corrected chi connectivity index (χ2v) is 11.1. The maximum Gasteiger partial charge on any atom is 0.302 e. The number of esters is 1. The van der Waals surface area contributed by atoms with Crippen molar-refractivity contribution < 1.29 is 48.6 Å². The van der Waals surface area contributed by atoms with Crippen molar-refractivity contribution in [2.24, 2.45) is 5.92 Å². The molecule has 2 saturated heterocycles. The summed E-state index contributed by atoms with van der Waals surface area (Å²) in [5.41, 5.74) is 0. The lowest BCUT2D eigenvalue weighted by Gasteiger charge is -2.39. The van der Waals surface area contributed by atoms with E-state index in [4.69, 9.17) is 28.8 Å². The van der Waals surface area contributed by atoms with E-state index in [1.165, 1.54) is 13.0 Å². The zero-order valence-electron chi connectivity index (χ0n) is 24.5. The van der Waals surface area contributed by atoms with Gasteiger partial charge < -0.3 is 44.3 Å². The first-order chi connectivity index (χ1) is 19.0. The summed E-state index contributed by atoms with van der Waals surface area (Å²) in [5.74, 6) is -0.521. The minimum Gasteiger partial charge on any atom is -0.462 e. The highest BCUT2D eigenvalue weighted by Crippen LogP contribution is 2.31. The molecule has 2 fully saturated rings. The second-order valence-electron chi connectivity index (χ2n) is 11.1. The van der Waals surface area contributed by atoms with Crippen molar-refractivity contribution in [1.82, 2.24) is 5.32 Å². The van der Waals surface area contributed by atoms with Crippen molar-refractivity contribution in [2.45, 2.75) is 141 Å². The van der Waals surface area contributed by atoms with E-state index in [0.717, 1.165) is 6.42 Å². The number of ether oxygens (including phenoxy) is 5. The van der Waals surface area contributed by atoms with E-state index in [2.05, 4.69) is 11.9 Å². The Labute approximate surface area is 238 Å². The zero-order chi connectivity index (χ0) is 29.7. The first-order valence-corrected chi connectivity index (χ1v) is 14.7. The molecular formula is C29H51NO10. The molecule has 40 heavy (non-hydrogen) atoms. The maximum atomic E-state index is 11.7. The van der Waals surface area contributed by atoms with Gasteiger partial charge in [0.2, 0.25) is 5.91 Å². The van der Waals surface area contributed by atoms with Gasteiger partial charge in [-0.05, 0) is 50.5 Å². The molecule has 2 heterocycles. The molecule has 0 aromatic carbocycles. The Kier molecular flexibility index (Phi) is 15.6. The molecule has 2 aliphatic rings. The topological polar surface area (TPSA) is 153 Å². The lowest BCUT2D eigenvalue weighted by Crippen LogP contribution is -2.46. The van der Waals surface area contributed by atoms with E-state index < -0.39 is 18.5 Å². The van der Waals surface area contributed by atoms with Crippen LogP contribution in [0.25, 0.3) is 0 Å². The predicted molar refractivity (Wildman–Crippen MR) is 147 cm³/mol. The first kappa shape index (κ1) is 34.6. The van der Waals surface area contributed by atoms with Crippen molar-refractivity contribution in [3.8, 4) is 0 Å². The van der Waals surface area contributed by atoms with E-state index in [0.29, 0.717) is 51.4 Å². The number of aliphatic hydroxyl groups excluding tert-OH is 3. The Morgan fingerprint density at radius 3 is 2.00 bits per heavy atom. The highest BCUT2D eigenvalue weighted by atomic mass is 16.7. The third-order valence-corrected chi connectivity index (χ3v) is 7.32. The van der Waals surface area contributed by atoms with Crippen LogP contribution >= 0.6 is 0 Å². The summed E-state index contributed by atoms with van der Waals surface area (Å²) in [4.78, 5) is 23.2. The summed E-state index contributed by atoms with van der Waals surface area (Å²) in [7, 11) is 0. The Hall–Kier alpha value is -1.60. The highest BCUT2D eigenvalue weighted by Gasteiger charge is 2.36. The van der Waals surface area contributed by atoms with Crippen molar-refractivity contribution in [3.63, 3.8) is 0 Å². The molecule has 0 radical (unpaired) electrons. The number of rotatable bonds is 17. The van der Waals surface area contributed by atoms with E-state index in [1.807, 2.05) is 20.8 Å². The third-order valence-electron chi connectivity index (χ3n) is 7.32. The summed E-state index contributed by atoms with van der Waals surface area (Å²) >= 11 is 0. The normalized spacial score (nSPS) is 30.1. The summed E-state index contributed by atoms with van der Waals surface area (Å²) in [5, 5.41) is 32.7. The number of aliphatic hydroxyl groups is 3.